The molecule has 2 heterocycles. The molecular formula is C17H19F2N3O5S. The molecule has 1 atom stereocenters. The summed E-state index contributed by atoms with van der Waals surface area (Å²) in [6.45, 7) is 2.64. The fourth-order valence-electron chi connectivity index (χ4n) is 2.73. The van der Waals surface area contributed by atoms with Crippen LogP contribution in [0.2, 0.25) is 0 Å². The van der Waals surface area contributed by atoms with Gasteiger partial charge < -0.3 is 19.7 Å². The van der Waals surface area contributed by atoms with Crippen LogP contribution in [0, 0.1) is 11.6 Å². The van der Waals surface area contributed by atoms with E-state index in [0.29, 0.717) is 0 Å². The number of rotatable bonds is 3. The van der Waals surface area contributed by atoms with Gasteiger partial charge in [0.15, 0.2) is 23.1 Å². The third-order valence-electron chi connectivity index (χ3n) is 4.33. The molecule has 1 aliphatic rings. The van der Waals surface area contributed by atoms with E-state index in [2.05, 4.69) is 10.0 Å². The summed E-state index contributed by atoms with van der Waals surface area (Å²) >= 11 is 0. The number of carbonyl (C=O) groups excluding carboxylic acids is 1. The molecule has 0 saturated heterocycles. The van der Waals surface area contributed by atoms with Crippen LogP contribution in [-0.2, 0) is 17.1 Å². The van der Waals surface area contributed by atoms with Gasteiger partial charge in [0.05, 0.1) is 11.6 Å². The smallest absolute Gasteiger partial charge is 0.276 e. The van der Waals surface area contributed by atoms with Crippen molar-refractivity contribution in [2.75, 3.05) is 11.9 Å². The predicted octanol–water partition coefficient (Wildman–Crippen LogP) is 1.37. The van der Waals surface area contributed by atoms with Gasteiger partial charge in [0, 0.05) is 25.0 Å². The zero-order chi connectivity index (χ0) is 20.9. The van der Waals surface area contributed by atoms with Gasteiger partial charge in [-0.1, -0.05) is 0 Å². The van der Waals surface area contributed by atoms with Crippen LogP contribution in [0.25, 0.3) is 0 Å². The van der Waals surface area contributed by atoms with Crippen LogP contribution in [-0.4, -0.2) is 42.2 Å². The molecule has 0 unspecified atom stereocenters. The standard InChI is InChI=1S/C17H19F2N3O5S/c1-17(2,24)13-8-27-15-12(28(25,26)21-13)7-22(3)14(15)16(23)20-9-4-5-10(18)11(19)6-9/h4-7,13,21,24H,8H2,1-3H3,(H,20,23)/t13-/m0/s1. The van der Waals surface area contributed by atoms with Gasteiger partial charge in [-0.25, -0.2) is 21.9 Å². The second kappa shape index (κ2) is 6.83. The summed E-state index contributed by atoms with van der Waals surface area (Å²) in [6, 6.07) is 1.88. The molecule has 0 spiro atoms. The maximum atomic E-state index is 13.4. The summed E-state index contributed by atoms with van der Waals surface area (Å²) in [5.74, 6) is -3.17. The number of nitrogens with zero attached hydrogens (tertiary/aromatic N) is 1. The Bertz CT molecular complexity index is 1040. The number of fused-ring (bicyclic) bond motifs is 1. The molecule has 0 bridgehead atoms. The second-order valence-electron chi connectivity index (χ2n) is 7.00. The predicted molar refractivity (Wildman–Crippen MR) is 95.6 cm³/mol. The van der Waals surface area contributed by atoms with E-state index >= 15 is 0 Å². The van der Waals surface area contributed by atoms with Gasteiger partial charge in [0.25, 0.3) is 5.91 Å². The number of hydrogen-bond acceptors (Lipinski definition) is 5. The molecule has 3 N–H and O–H groups in total. The Hall–Kier alpha value is -2.50. The molecular weight excluding hydrogens is 396 g/mol. The summed E-state index contributed by atoms with van der Waals surface area (Å²) in [4.78, 5) is 12.4. The van der Waals surface area contributed by atoms with E-state index < -0.39 is 39.2 Å². The van der Waals surface area contributed by atoms with E-state index in [1.807, 2.05) is 0 Å². The normalized spacial score (nSPS) is 18.7. The van der Waals surface area contributed by atoms with Crippen LogP contribution < -0.4 is 14.8 Å². The zero-order valence-electron chi connectivity index (χ0n) is 15.3. The monoisotopic (exact) mass is 415 g/mol. The van der Waals surface area contributed by atoms with Gasteiger partial charge in [-0.2, -0.15) is 0 Å². The number of hydrogen-bond donors (Lipinski definition) is 3. The molecule has 28 heavy (non-hydrogen) atoms. The lowest BCUT2D eigenvalue weighted by Crippen LogP contribution is -2.51. The Morgan fingerprint density at radius 1 is 1.36 bits per heavy atom. The van der Waals surface area contributed by atoms with E-state index in [0.717, 1.165) is 12.1 Å². The number of nitrogens with one attached hydrogen (secondary N) is 2. The summed E-state index contributed by atoms with van der Waals surface area (Å²) < 4.78 is 60.9. The number of amides is 1. The number of anilines is 1. The Balaban J connectivity index is 1.98. The molecule has 0 aliphatic carbocycles. The quantitative estimate of drug-likeness (QED) is 0.702. The summed E-state index contributed by atoms with van der Waals surface area (Å²) in [5, 5.41) is 12.5. The number of carbonyl (C=O) groups is 1. The van der Waals surface area contributed by atoms with Crippen LogP contribution in [0.1, 0.15) is 24.3 Å². The van der Waals surface area contributed by atoms with Crippen molar-refractivity contribution in [3.63, 3.8) is 0 Å². The van der Waals surface area contributed by atoms with Crippen molar-refractivity contribution in [2.45, 2.75) is 30.4 Å². The van der Waals surface area contributed by atoms with Gasteiger partial charge >= 0.3 is 0 Å². The number of aromatic nitrogens is 1. The average Bonchev–Trinajstić information content (AvgIpc) is 2.84. The molecule has 1 aliphatic heterocycles. The van der Waals surface area contributed by atoms with E-state index in [9.17, 15) is 27.1 Å². The number of halogens is 2. The highest BCUT2D eigenvalue weighted by molar-refractivity contribution is 7.89. The van der Waals surface area contributed by atoms with Crippen molar-refractivity contribution in [1.29, 1.82) is 0 Å². The van der Waals surface area contributed by atoms with E-state index in [1.54, 1.807) is 0 Å². The van der Waals surface area contributed by atoms with Crippen molar-refractivity contribution < 1.29 is 31.8 Å². The Kier molecular flexibility index (Phi) is 4.94. The van der Waals surface area contributed by atoms with Crippen molar-refractivity contribution in [2.24, 2.45) is 7.05 Å². The highest BCUT2D eigenvalue weighted by Crippen LogP contribution is 2.34. The highest BCUT2D eigenvalue weighted by atomic mass is 32.2. The summed E-state index contributed by atoms with van der Waals surface area (Å²) in [6.07, 6.45) is 1.20. The average molecular weight is 415 g/mol. The zero-order valence-corrected chi connectivity index (χ0v) is 16.1. The van der Waals surface area contributed by atoms with E-state index in [1.165, 1.54) is 37.7 Å². The number of ether oxygens (including phenoxy) is 1. The molecule has 3 rings (SSSR count). The fourth-order valence-corrected chi connectivity index (χ4v) is 4.29. The molecule has 0 radical (unpaired) electrons. The van der Waals surface area contributed by atoms with Crippen LogP contribution >= 0.6 is 0 Å². The minimum atomic E-state index is -4.08. The SMILES string of the molecule is Cn1cc2c(c1C(=O)Nc1ccc(F)c(F)c1)OC[C@@H](C(C)(C)O)NS2(=O)=O. The van der Waals surface area contributed by atoms with Crippen LogP contribution in [0.15, 0.2) is 29.3 Å². The first-order valence-electron chi connectivity index (χ1n) is 8.23. The highest BCUT2D eigenvalue weighted by Gasteiger charge is 2.39. The number of benzene rings is 1. The topological polar surface area (TPSA) is 110 Å². The lowest BCUT2D eigenvalue weighted by atomic mass is 10.0. The number of aryl methyl sites for hydroxylation is 1. The molecule has 8 nitrogen and oxygen atoms in total. The van der Waals surface area contributed by atoms with Crippen molar-refractivity contribution in [1.82, 2.24) is 9.29 Å². The summed E-state index contributed by atoms with van der Waals surface area (Å²) in [5.41, 5.74) is -1.54. The molecule has 1 aromatic carbocycles. The van der Waals surface area contributed by atoms with Crippen molar-refractivity contribution in [3.05, 3.63) is 41.7 Å². The molecule has 1 aromatic heterocycles. The van der Waals surface area contributed by atoms with Crippen LogP contribution in [0.5, 0.6) is 5.75 Å². The van der Waals surface area contributed by atoms with Crippen molar-refractivity contribution >= 4 is 21.6 Å². The Morgan fingerprint density at radius 2 is 2.04 bits per heavy atom. The molecule has 0 saturated carbocycles. The molecule has 152 valence electrons. The minimum absolute atomic E-state index is 0.0113. The largest absolute Gasteiger partial charge is 0.488 e. The Labute approximate surface area is 160 Å². The molecule has 1 amide bonds. The first kappa shape index (κ1) is 20.2. The van der Waals surface area contributed by atoms with Gasteiger partial charge in [-0.15, -0.1) is 0 Å². The summed E-state index contributed by atoms with van der Waals surface area (Å²) in [7, 11) is -2.63. The number of sulfonamides is 1. The maximum absolute atomic E-state index is 13.4. The maximum Gasteiger partial charge on any atom is 0.276 e. The number of aliphatic hydroxyl groups is 1. The molecule has 0 fully saturated rings. The Morgan fingerprint density at radius 3 is 2.64 bits per heavy atom. The fraction of sp³-hybridized carbons (Fsp3) is 0.353. The van der Waals surface area contributed by atoms with Gasteiger partial charge in [-0.3, -0.25) is 4.79 Å². The first-order chi connectivity index (χ1) is 12.9. The second-order valence-corrected chi connectivity index (χ2v) is 8.69. The van der Waals surface area contributed by atoms with E-state index in [4.69, 9.17) is 4.74 Å². The van der Waals surface area contributed by atoms with Crippen molar-refractivity contribution in [3.8, 4) is 5.75 Å². The van der Waals surface area contributed by atoms with Gasteiger partial charge in [0.1, 0.15) is 11.5 Å². The lowest BCUT2D eigenvalue weighted by Gasteiger charge is -2.27. The third-order valence-corrected chi connectivity index (χ3v) is 5.79. The molecule has 11 heteroatoms. The molecule has 2 aromatic rings. The first-order valence-corrected chi connectivity index (χ1v) is 9.71. The van der Waals surface area contributed by atoms with Gasteiger partial charge in [0.2, 0.25) is 10.0 Å². The lowest BCUT2D eigenvalue weighted by molar-refractivity contribution is 0.0288. The van der Waals surface area contributed by atoms with Gasteiger partial charge in [-0.05, 0) is 26.0 Å². The van der Waals surface area contributed by atoms with Crippen LogP contribution in [0.4, 0.5) is 14.5 Å². The van der Waals surface area contributed by atoms with E-state index in [-0.39, 0.29) is 28.6 Å². The minimum Gasteiger partial charge on any atom is -0.488 e. The van der Waals surface area contributed by atoms with Crippen LogP contribution in [0.3, 0.4) is 0 Å². The third kappa shape index (κ3) is 3.73.